The van der Waals surface area contributed by atoms with Crippen LogP contribution in [0.15, 0.2) is 39.8 Å². The summed E-state index contributed by atoms with van der Waals surface area (Å²) in [5.74, 6) is -1.87. The van der Waals surface area contributed by atoms with Crippen LogP contribution in [0.5, 0.6) is 5.75 Å². The Kier molecular flexibility index (Phi) is 9.54. The number of aromatic hydroxyl groups is 1. The SMILES string of the molecule is CCc1c(Cl)cc(C(CC(=O)O)NC(=O)CNC(=O)c2cccc(NC3=NCCCN3)c2)c(O)c1Br. The molecular formula is C24H27BrClN5O5. The van der Waals surface area contributed by atoms with Gasteiger partial charge in [0.2, 0.25) is 5.91 Å². The number of carboxylic acids is 1. The first kappa shape index (κ1) is 27.3. The minimum atomic E-state index is -1.18. The third-order valence-electron chi connectivity index (χ3n) is 5.45. The van der Waals surface area contributed by atoms with E-state index in [0.29, 0.717) is 38.7 Å². The Balaban J connectivity index is 1.66. The molecule has 1 unspecified atom stereocenters. The third-order valence-corrected chi connectivity index (χ3v) is 6.65. The molecule has 0 aromatic heterocycles. The number of aliphatic imine (C=N–C) groups is 1. The molecule has 12 heteroatoms. The van der Waals surface area contributed by atoms with Gasteiger partial charge in [0.1, 0.15) is 5.75 Å². The van der Waals surface area contributed by atoms with Crippen molar-refractivity contribution in [3.05, 3.63) is 56.5 Å². The summed E-state index contributed by atoms with van der Waals surface area (Å²) in [7, 11) is 0. The topological polar surface area (TPSA) is 152 Å². The predicted molar refractivity (Wildman–Crippen MR) is 141 cm³/mol. The molecule has 0 fully saturated rings. The number of amides is 2. The van der Waals surface area contributed by atoms with Gasteiger partial charge >= 0.3 is 5.97 Å². The average molecular weight is 581 g/mol. The van der Waals surface area contributed by atoms with Gasteiger partial charge in [-0.15, -0.1) is 0 Å². The number of nitrogens with zero attached hydrogens (tertiary/aromatic N) is 1. The first-order chi connectivity index (χ1) is 17.2. The Morgan fingerprint density at radius 3 is 2.72 bits per heavy atom. The lowest BCUT2D eigenvalue weighted by molar-refractivity contribution is -0.137. The van der Waals surface area contributed by atoms with Crippen LogP contribution >= 0.6 is 27.5 Å². The zero-order valence-corrected chi connectivity index (χ0v) is 21.9. The summed E-state index contributed by atoms with van der Waals surface area (Å²) < 4.78 is 0.341. The molecule has 2 aromatic carbocycles. The number of carboxylic acid groups (broad SMARTS) is 1. The van der Waals surface area contributed by atoms with Crippen molar-refractivity contribution < 1.29 is 24.6 Å². The van der Waals surface area contributed by atoms with Crippen LogP contribution in [0.2, 0.25) is 5.02 Å². The van der Waals surface area contributed by atoms with Gasteiger partial charge in [-0.3, -0.25) is 19.4 Å². The molecule has 10 nitrogen and oxygen atoms in total. The van der Waals surface area contributed by atoms with E-state index in [1.54, 1.807) is 24.3 Å². The minimum Gasteiger partial charge on any atom is -0.506 e. The largest absolute Gasteiger partial charge is 0.506 e. The van der Waals surface area contributed by atoms with Crippen molar-refractivity contribution in [1.82, 2.24) is 16.0 Å². The summed E-state index contributed by atoms with van der Waals surface area (Å²) in [5.41, 5.74) is 1.81. The maximum atomic E-state index is 12.6. The summed E-state index contributed by atoms with van der Waals surface area (Å²) in [6.45, 7) is 2.99. The number of anilines is 1. The molecule has 0 radical (unpaired) electrons. The van der Waals surface area contributed by atoms with E-state index in [4.69, 9.17) is 11.6 Å². The number of benzene rings is 2. The second-order valence-electron chi connectivity index (χ2n) is 8.06. The molecule has 1 atom stereocenters. The second-order valence-corrected chi connectivity index (χ2v) is 9.26. The van der Waals surface area contributed by atoms with E-state index in [2.05, 4.69) is 42.2 Å². The summed E-state index contributed by atoms with van der Waals surface area (Å²) in [4.78, 5) is 41.0. The van der Waals surface area contributed by atoms with Crippen molar-refractivity contribution in [2.75, 3.05) is 25.0 Å². The standard InChI is InChI=1S/C24H27BrClN5O5/c1-2-15-17(26)10-16(22(35)21(15)25)18(11-20(33)34)31-19(32)12-29-23(36)13-5-3-6-14(9-13)30-24-27-7-4-8-28-24/h3,5-6,9-10,18,35H,2,4,7-8,11-12H2,1H3,(H,29,36)(H,31,32)(H,33,34)(H2,27,28,30). The first-order valence-corrected chi connectivity index (χ1v) is 12.5. The highest BCUT2D eigenvalue weighted by molar-refractivity contribution is 9.10. The lowest BCUT2D eigenvalue weighted by Gasteiger charge is -2.21. The molecule has 1 aliphatic heterocycles. The summed E-state index contributed by atoms with van der Waals surface area (Å²) in [6, 6.07) is 7.10. The molecule has 0 saturated heterocycles. The molecule has 2 amide bonds. The molecule has 0 spiro atoms. The fourth-order valence-corrected chi connectivity index (χ4v) is 4.85. The quantitative estimate of drug-likeness (QED) is 0.266. The van der Waals surface area contributed by atoms with E-state index in [1.165, 1.54) is 6.07 Å². The van der Waals surface area contributed by atoms with Crippen molar-refractivity contribution in [2.24, 2.45) is 4.99 Å². The zero-order chi connectivity index (χ0) is 26.2. The second kappa shape index (κ2) is 12.6. The Labute approximate surface area is 221 Å². The van der Waals surface area contributed by atoms with Crippen molar-refractivity contribution in [3.8, 4) is 5.75 Å². The molecule has 1 aliphatic rings. The molecular weight excluding hydrogens is 554 g/mol. The number of carbonyl (C=O) groups is 3. The van der Waals surface area contributed by atoms with Crippen LogP contribution < -0.4 is 21.3 Å². The molecule has 6 N–H and O–H groups in total. The third kappa shape index (κ3) is 7.11. The number of nitrogens with one attached hydrogen (secondary N) is 4. The van der Waals surface area contributed by atoms with Crippen LogP contribution in [0.25, 0.3) is 0 Å². The minimum absolute atomic E-state index is 0.157. The van der Waals surface area contributed by atoms with Crippen LogP contribution in [0, 0.1) is 0 Å². The van der Waals surface area contributed by atoms with Gasteiger partial charge in [-0.1, -0.05) is 24.6 Å². The van der Waals surface area contributed by atoms with E-state index in [1.807, 2.05) is 6.92 Å². The Bertz CT molecular complexity index is 1190. The number of halogens is 2. The smallest absolute Gasteiger partial charge is 0.305 e. The first-order valence-electron chi connectivity index (χ1n) is 11.3. The van der Waals surface area contributed by atoms with E-state index in [0.717, 1.165) is 19.5 Å². The Morgan fingerprint density at radius 1 is 1.28 bits per heavy atom. The van der Waals surface area contributed by atoms with Gasteiger partial charge in [-0.05, 0) is 58.6 Å². The maximum Gasteiger partial charge on any atom is 0.305 e. The van der Waals surface area contributed by atoms with Gasteiger partial charge < -0.3 is 31.5 Å². The summed E-state index contributed by atoms with van der Waals surface area (Å²) >= 11 is 9.58. The molecule has 1 heterocycles. The summed E-state index contributed by atoms with van der Waals surface area (Å²) in [5, 5.41) is 31.6. The van der Waals surface area contributed by atoms with Crippen LogP contribution in [0.1, 0.15) is 47.3 Å². The Morgan fingerprint density at radius 2 is 2.06 bits per heavy atom. The fourth-order valence-electron chi connectivity index (χ4n) is 3.67. The molecule has 36 heavy (non-hydrogen) atoms. The van der Waals surface area contributed by atoms with Crippen LogP contribution in [-0.2, 0) is 16.0 Å². The monoisotopic (exact) mass is 579 g/mol. The number of aliphatic carboxylic acids is 1. The van der Waals surface area contributed by atoms with Crippen LogP contribution in [0.4, 0.5) is 5.69 Å². The summed E-state index contributed by atoms with van der Waals surface area (Å²) in [6.07, 6.45) is 1.00. The van der Waals surface area contributed by atoms with Gasteiger partial charge in [-0.2, -0.15) is 0 Å². The van der Waals surface area contributed by atoms with E-state index < -0.39 is 36.8 Å². The average Bonchev–Trinajstić information content (AvgIpc) is 2.85. The number of rotatable bonds is 9. The molecule has 192 valence electrons. The van der Waals surface area contributed by atoms with Gasteiger partial charge in [-0.25, -0.2) is 0 Å². The molecule has 2 aromatic rings. The maximum absolute atomic E-state index is 12.6. The van der Waals surface area contributed by atoms with E-state index in [-0.39, 0.29) is 11.3 Å². The number of phenolic OH excluding ortho intramolecular Hbond substituents is 1. The van der Waals surface area contributed by atoms with Crippen LogP contribution in [-0.4, -0.2) is 53.6 Å². The highest BCUT2D eigenvalue weighted by atomic mass is 79.9. The van der Waals surface area contributed by atoms with E-state index >= 15 is 0 Å². The van der Waals surface area contributed by atoms with Crippen molar-refractivity contribution >= 4 is 57.0 Å². The van der Waals surface area contributed by atoms with Gasteiger partial charge in [0, 0.05) is 34.9 Å². The number of guanidine groups is 1. The molecule has 0 aliphatic carbocycles. The lowest BCUT2D eigenvalue weighted by Crippen LogP contribution is -2.39. The number of hydrogen-bond donors (Lipinski definition) is 6. The van der Waals surface area contributed by atoms with E-state index in [9.17, 15) is 24.6 Å². The van der Waals surface area contributed by atoms with Gasteiger partial charge in [0.05, 0.1) is 23.5 Å². The predicted octanol–water partition coefficient (Wildman–Crippen LogP) is 3.19. The number of hydrogen-bond acceptors (Lipinski definition) is 7. The zero-order valence-electron chi connectivity index (χ0n) is 19.5. The normalized spacial score (nSPS) is 13.7. The lowest BCUT2D eigenvalue weighted by atomic mass is 9.99. The highest BCUT2D eigenvalue weighted by Crippen LogP contribution is 2.40. The van der Waals surface area contributed by atoms with Crippen molar-refractivity contribution in [3.63, 3.8) is 0 Å². The van der Waals surface area contributed by atoms with Gasteiger partial charge in [0.15, 0.2) is 5.96 Å². The molecule has 0 saturated carbocycles. The van der Waals surface area contributed by atoms with Gasteiger partial charge in [0.25, 0.3) is 5.91 Å². The molecule has 0 bridgehead atoms. The highest BCUT2D eigenvalue weighted by Gasteiger charge is 2.25. The van der Waals surface area contributed by atoms with Crippen molar-refractivity contribution in [2.45, 2.75) is 32.2 Å². The Hall–Kier alpha value is -3.31. The number of phenols is 1. The van der Waals surface area contributed by atoms with Crippen molar-refractivity contribution in [1.29, 1.82) is 0 Å². The number of carbonyl (C=O) groups excluding carboxylic acids is 2. The molecule has 3 rings (SSSR count). The van der Waals surface area contributed by atoms with Crippen LogP contribution in [0.3, 0.4) is 0 Å². The fraction of sp³-hybridized carbons (Fsp3) is 0.333.